The van der Waals surface area contributed by atoms with Crippen LogP contribution in [-0.4, -0.2) is 21.4 Å². The van der Waals surface area contributed by atoms with Crippen LogP contribution in [0.5, 0.6) is 5.75 Å². The predicted octanol–water partition coefficient (Wildman–Crippen LogP) is 9.02. The Bertz CT molecular complexity index is 2290. The van der Waals surface area contributed by atoms with Gasteiger partial charge in [0.05, 0.1) is 24.2 Å². The van der Waals surface area contributed by atoms with E-state index in [1.165, 1.54) is 22.7 Å². The van der Waals surface area contributed by atoms with E-state index in [2.05, 4.69) is 23.8 Å². The molecule has 0 atom stereocenters. The van der Waals surface area contributed by atoms with E-state index < -0.39 is 5.60 Å². The Balaban J connectivity index is 1.26. The third kappa shape index (κ3) is 4.23. The summed E-state index contributed by atoms with van der Waals surface area (Å²) in [7, 11) is 0. The summed E-state index contributed by atoms with van der Waals surface area (Å²) in [6, 6.07) is 14.5. The fraction of sp³-hybridized carbons (Fsp3) is 0.111. The molecule has 15 heteroatoms. The highest BCUT2D eigenvalue weighted by Crippen LogP contribution is 2.60. The second kappa shape index (κ2) is 9.90. The van der Waals surface area contributed by atoms with Gasteiger partial charge >= 0.3 is 0 Å². The molecule has 200 valence electrons. The zero-order valence-corrected chi connectivity index (χ0v) is 26.1. The van der Waals surface area contributed by atoms with Crippen molar-refractivity contribution in [2.45, 2.75) is 19.4 Å². The monoisotopic (exact) mass is 654 g/mol. The zero-order valence-electron chi connectivity index (χ0n) is 21.2. The fourth-order valence-electron chi connectivity index (χ4n) is 4.39. The summed E-state index contributed by atoms with van der Waals surface area (Å²) in [4.78, 5) is 23.9. The Morgan fingerprint density at radius 2 is 1.19 bits per heavy atom. The molecule has 6 aromatic rings. The largest absolute Gasteiger partial charge is 0.480 e. The van der Waals surface area contributed by atoms with Crippen LogP contribution >= 0.6 is 68.0 Å². The summed E-state index contributed by atoms with van der Waals surface area (Å²) < 4.78 is 8.76. The molecule has 0 saturated heterocycles. The van der Waals surface area contributed by atoms with Crippen molar-refractivity contribution >= 4 is 109 Å². The van der Waals surface area contributed by atoms with Gasteiger partial charge in [0.1, 0.15) is 64.3 Å². The van der Waals surface area contributed by atoms with Gasteiger partial charge in [0, 0.05) is 5.56 Å². The molecule has 0 amide bonds. The van der Waals surface area contributed by atoms with Crippen LogP contribution < -0.4 is 4.74 Å². The average molecular weight is 655 g/mol. The normalized spacial score (nSPS) is 12.8. The van der Waals surface area contributed by atoms with Gasteiger partial charge in [-0.3, -0.25) is 0 Å². The van der Waals surface area contributed by atoms with Gasteiger partial charge in [-0.05, 0) is 38.1 Å². The first-order valence-electron chi connectivity index (χ1n) is 11.9. The Morgan fingerprint density at radius 1 is 0.690 bits per heavy atom. The fourth-order valence-corrected chi connectivity index (χ4v) is 11.5. The second-order valence-electron chi connectivity index (χ2n) is 9.13. The van der Waals surface area contributed by atoms with Gasteiger partial charge in [-0.15, -0.1) is 68.0 Å². The average Bonchev–Trinajstić information content (AvgIpc) is 3.79. The predicted molar refractivity (Wildman–Crippen MR) is 171 cm³/mol. The lowest BCUT2D eigenvalue weighted by atomic mass is 9.95. The third-order valence-electron chi connectivity index (χ3n) is 6.09. The number of aromatic nitrogens is 2. The number of thiazole rings is 2. The summed E-state index contributed by atoms with van der Waals surface area (Å²) in [6.07, 6.45) is 0. The van der Waals surface area contributed by atoms with E-state index in [4.69, 9.17) is 35.8 Å². The Labute approximate surface area is 261 Å². The lowest BCUT2D eigenvalue weighted by Crippen LogP contribution is -2.27. The molecule has 0 saturated carbocycles. The van der Waals surface area contributed by atoms with Crippen LogP contribution in [0, 0.1) is 45.3 Å². The second-order valence-corrected chi connectivity index (χ2v) is 15.2. The quantitative estimate of drug-likeness (QED) is 0.172. The van der Waals surface area contributed by atoms with Gasteiger partial charge in [0.25, 0.3) is 0 Å². The van der Waals surface area contributed by atoms with Crippen LogP contribution in [0.4, 0.5) is 10.0 Å². The summed E-state index contributed by atoms with van der Waals surface area (Å²) in [6.45, 7) is 4.14. The Morgan fingerprint density at radius 3 is 1.74 bits per heavy atom. The molecule has 1 aliphatic rings. The molecular weight excluding hydrogens is 645 g/mol. The maximum absolute atomic E-state index is 9.01. The van der Waals surface area contributed by atoms with Gasteiger partial charge in [-0.2, -0.15) is 21.0 Å². The highest BCUT2D eigenvalue weighted by molar-refractivity contribution is 7.36. The zero-order chi connectivity index (χ0) is 29.2. The highest BCUT2D eigenvalue weighted by atomic mass is 32.1. The van der Waals surface area contributed by atoms with E-state index in [0.717, 1.165) is 59.9 Å². The van der Waals surface area contributed by atoms with E-state index in [-0.39, 0.29) is 11.4 Å². The standard InChI is InChI=1S/C27H10N8OS6/c1-27(2)17-19(39-25-20(17)40-23(34-25)13-3-5-15(37-13)32-11(7-28)8-29)21-18(36-27)22-26(41-21)35-24(42-22)14-4-6-16(38-14)33-12(9-30)10-31/h3-6H,1-2H3. The van der Waals surface area contributed by atoms with Crippen LogP contribution in [0.25, 0.3) is 48.6 Å². The number of fused-ring (bicyclic) bond motifs is 7. The number of nitriles is 4. The lowest BCUT2D eigenvalue weighted by molar-refractivity contribution is 0.111. The van der Waals surface area contributed by atoms with Crippen molar-refractivity contribution < 1.29 is 4.74 Å². The summed E-state index contributed by atoms with van der Waals surface area (Å²) in [5, 5.41) is 38.9. The first-order chi connectivity index (χ1) is 20.3. The van der Waals surface area contributed by atoms with Crippen LogP contribution in [0.1, 0.15) is 19.4 Å². The summed E-state index contributed by atoms with van der Waals surface area (Å²) in [5.41, 5.74) is 0.160. The smallest absolute Gasteiger partial charge is 0.219 e. The molecule has 7 rings (SSSR count). The van der Waals surface area contributed by atoms with Gasteiger partial charge in [-0.1, -0.05) is 0 Å². The molecule has 0 aromatic carbocycles. The summed E-state index contributed by atoms with van der Waals surface area (Å²) >= 11 is 9.19. The van der Waals surface area contributed by atoms with Gasteiger partial charge in [0.2, 0.25) is 11.4 Å². The van der Waals surface area contributed by atoms with Gasteiger partial charge in [0.15, 0.2) is 5.75 Å². The van der Waals surface area contributed by atoms with Crippen molar-refractivity contribution in [3.05, 3.63) is 29.8 Å². The van der Waals surface area contributed by atoms with Gasteiger partial charge in [-0.25, -0.2) is 20.0 Å². The maximum atomic E-state index is 9.01. The van der Waals surface area contributed by atoms with E-state index in [1.54, 1.807) is 81.8 Å². The van der Waals surface area contributed by atoms with Crippen LogP contribution in [0.15, 0.2) is 34.3 Å². The summed E-state index contributed by atoms with van der Waals surface area (Å²) in [5.74, 6) is 0.836. The van der Waals surface area contributed by atoms with E-state index in [0.29, 0.717) is 10.0 Å². The number of ether oxygens (including phenoxy) is 1. The molecule has 0 N–H and O–H groups in total. The molecule has 6 aromatic heterocycles. The number of nitrogens with zero attached hydrogens (tertiary/aromatic N) is 8. The number of hydrogen-bond donors (Lipinski definition) is 0. The topological polar surface area (TPSA) is 155 Å². The molecule has 1 aliphatic heterocycles. The minimum absolute atomic E-state index is 0.177. The van der Waals surface area contributed by atoms with Crippen molar-refractivity contribution in [2.24, 2.45) is 9.98 Å². The molecule has 0 spiro atoms. The Hall–Kier alpha value is -4.32. The van der Waals surface area contributed by atoms with Crippen LogP contribution in [0.2, 0.25) is 0 Å². The van der Waals surface area contributed by atoms with Crippen molar-refractivity contribution in [3.63, 3.8) is 0 Å². The first-order valence-corrected chi connectivity index (χ1v) is 16.8. The van der Waals surface area contributed by atoms with Crippen molar-refractivity contribution in [1.29, 1.82) is 21.0 Å². The van der Waals surface area contributed by atoms with Gasteiger partial charge < -0.3 is 4.74 Å². The minimum Gasteiger partial charge on any atom is -0.480 e. The van der Waals surface area contributed by atoms with E-state index in [9.17, 15) is 0 Å². The number of aliphatic imine (C=N–C) groups is 2. The van der Waals surface area contributed by atoms with Crippen LogP contribution in [-0.2, 0) is 5.60 Å². The molecule has 0 fully saturated rings. The molecule has 0 radical (unpaired) electrons. The molecule has 42 heavy (non-hydrogen) atoms. The number of hydrogen-bond acceptors (Lipinski definition) is 15. The molecular formula is C27H10N8OS6. The van der Waals surface area contributed by atoms with E-state index >= 15 is 0 Å². The van der Waals surface area contributed by atoms with E-state index in [1.807, 2.05) is 12.1 Å². The highest BCUT2D eigenvalue weighted by Gasteiger charge is 2.40. The third-order valence-corrected chi connectivity index (χ3v) is 13.1. The lowest BCUT2D eigenvalue weighted by Gasteiger charge is -2.31. The first kappa shape index (κ1) is 26.6. The molecule has 0 unspecified atom stereocenters. The molecule has 0 aliphatic carbocycles. The van der Waals surface area contributed by atoms with Crippen molar-refractivity contribution in [2.75, 3.05) is 0 Å². The van der Waals surface area contributed by atoms with Crippen molar-refractivity contribution in [3.8, 4) is 59.6 Å². The SMILES string of the molecule is CC1(C)Oc2c(sc3nc(-c4ccc(N=C(C#N)C#N)s4)sc23)-c2sc3nc(-c4ccc(N=C(C#N)C#N)s4)sc3c21. The number of rotatable bonds is 4. The Kier molecular flexibility index (Phi) is 6.26. The molecule has 9 nitrogen and oxygen atoms in total. The molecule has 7 heterocycles. The number of thiophene rings is 4. The van der Waals surface area contributed by atoms with Crippen LogP contribution in [0.3, 0.4) is 0 Å². The minimum atomic E-state index is -0.599. The van der Waals surface area contributed by atoms with Crippen molar-refractivity contribution in [1.82, 2.24) is 9.97 Å². The maximum Gasteiger partial charge on any atom is 0.219 e. The molecule has 0 bridgehead atoms.